The Morgan fingerprint density at radius 1 is 0.544 bits per heavy atom. The molecule has 0 fully saturated rings. The highest BCUT2D eigenvalue weighted by Gasteiger charge is 2.31. The summed E-state index contributed by atoms with van der Waals surface area (Å²) in [7, 11) is 5.49. The zero-order valence-corrected chi connectivity index (χ0v) is 36.8. The first-order valence-corrected chi connectivity index (χ1v) is 22.2. The van der Waals surface area contributed by atoms with Crippen molar-refractivity contribution >= 4 is 17.9 Å². The molecule has 0 saturated carbocycles. The van der Waals surface area contributed by atoms with Gasteiger partial charge in [-0.1, -0.05) is 170 Å². The SMILES string of the molecule is CC/C=C/C=C/C=C/C=C/C=C/CCCC(=O)OCC(COCCC(C(=O)O)[N+](C)(C)C)OC(=O)CCCCCCCCCCCC/C=C/C=C/CCCCCC. The first kappa shape index (κ1) is 53.5. The molecule has 0 bridgehead atoms. The minimum Gasteiger partial charge on any atom is -0.477 e. The summed E-state index contributed by atoms with van der Waals surface area (Å²) in [6.45, 7) is 4.48. The molecular weight excluding hydrogens is 715 g/mol. The van der Waals surface area contributed by atoms with Crippen molar-refractivity contribution in [2.75, 3.05) is 41.0 Å². The van der Waals surface area contributed by atoms with Crippen molar-refractivity contribution < 1.29 is 38.2 Å². The van der Waals surface area contributed by atoms with E-state index in [-0.39, 0.29) is 42.7 Å². The van der Waals surface area contributed by atoms with Gasteiger partial charge in [-0.25, -0.2) is 4.79 Å². The smallest absolute Gasteiger partial charge is 0.362 e. The Bertz CT molecular complexity index is 1200. The van der Waals surface area contributed by atoms with Crippen LogP contribution in [0.2, 0.25) is 0 Å². The Morgan fingerprint density at radius 3 is 1.53 bits per heavy atom. The number of allylic oxidation sites excluding steroid dienone is 14. The molecular formula is C49H82NO7+. The van der Waals surface area contributed by atoms with E-state index >= 15 is 0 Å². The van der Waals surface area contributed by atoms with Crippen molar-refractivity contribution in [1.82, 2.24) is 0 Å². The summed E-state index contributed by atoms with van der Waals surface area (Å²) in [6, 6.07) is -0.630. The predicted octanol–water partition coefficient (Wildman–Crippen LogP) is 12.1. The Hall–Kier alpha value is -3.49. The van der Waals surface area contributed by atoms with Gasteiger partial charge in [0.05, 0.1) is 34.4 Å². The van der Waals surface area contributed by atoms with Crippen molar-refractivity contribution in [3.05, 3.63) is 85.1 Å². The van der Waals surface area contributed by atoms with Crippen LogP contribution in [0.25, 0.3) is 0 Å². The second-order valence-electron chi connectivity index (χ2n) is 15.7. The summed E-state index contributed by atoms with van der Waals surface area (Å²) in [5.74, 6) is -1.58. The van der Waals surface area contributed by atoms with Gasteiger partial charge in [0.1, 0.15) is 6.61 Å². The normalized spacial score (nSPS) is 13.8. The molecule has 0 aliphatic heterocycles. The highest BCUT2D eigenvalue weighted by Crippen LogP contribution is 2.14. The molecule has 2 unspecified atom stereocenters. The van der Waals surface area contributed by atoms with Crippen molar-refractivity contribution in [3.8, 4) is 0 Å². The fourth-order valence-corrected chi connectivity index (χ4v) is 5.99. The summed E-state index contributed by atoms with van der Waals surface area (Å²) < 4.78 is 17.2. The van der Waals surface area contributed by atoms with Crippen molar-refractivity contribution in [2.24, 2.45) is 0 Å². The number of unbranched alkanes of at least 4 members (excludes halogenated alkanes) is 15. The topological polar surface area (TPSA) is 99.1 Å². The molecule has 0 rings (SSSR count). The number of likely N-dealkylation sites (N-methyl/N-ethyl adjacent to an activating group) is 1. The number of carbonyl (C=O) groups is 3. The Kier molecular flexibility index (Phi) is 36.9. The summed E-state index contributed by atoms with van der Waals surface area (Å²) in [4.78, 5) is 36.9. The van der Waals surface area contributed by atoms with Gasteiger partial charge in [-0.05, 0) is 51.4 Å². The third kappa shape index (κ3) is 37.8. The maximum Gasteiger partial charge on any atom is 0.362 e. The summed E-state index contributed by atoms with van der Waals surface area (Å²) in [5, 5.41) is 9.62. The standard InChI is InChI=1S/C49H81NO7/c1-6-8-10-12-14-16-18-20-21-22-23-24-25-26-28-30-32-34-36-38-40-48(52)57-45(43-55-42-41-46(49(53)54)50(3,4)5)44-56-47(51)39-37-35-33-31-29-27-19-17-15-13-11-9-7-2/h9,11,13,15-21,27,29,31,33,45-46H,6-8,10,12,14,22-26,28,30,32,34-44H2,1-5H3/p+1/b11-9+,15-13+,18-16+,19-17+,21-20+,29-27+,33-31+. The van der Waals surface area contributed by atoms with Crippen molar-refractivity contribution in [1.29, 1.82) is 0 Å². The fraction of sp³-hybridized carbons (Fsp3) is 0.653. The minimum atomic E-state index is -0.889. The molecule has 57 heavy (non-hydrogen) atoms. The van der Waals surface area contributed by atoms with Crippen LogP contribution < -0.4 is 0 Å². The van der Waals surface area contributed by atoms with Crippen LogP contribution in [0.4, 0.5) is 0 Å². The maximum absolute atomic E-state index is 12.7. The highest BCUT2D eigenvalue weighted by atomic mass is 16.6. The molecule has 0 saturated heterocycles. The van der Waals surface area contributed by atoms with Gasteiger partial charge in [-0.15, -0.1) is 0 Å². The van der Waals surface area contributed by atoms with Gasteiger partial charge in [0, 0.05) is 19.3 Å². The molecule has 2 atom stereocenters. The maximum atomic E-state index is 12.7. The molecule has 324 valence electrons. The number of quaternary nitrogens is 1. The molecule has 0 aliphatic rings. The number of rotatable bonds is 38. The number of carbonyl (C=O) groups excluding carboxylic acids is 2. The summed E-state index contributed by atoms with van der Waals surface area (Å²) in [6.07, 6.45) is 50.7. The third-order valence-electron chi connectivity index (χ3n) is 9.43. The first-order valence-electron chi connectivity index (χ1n) is 22.2. The number of esters is 2. The number of hydrogen-bond acceptors (Lipinski definition) is 6. The van der Waals surface area contributed by atoms with Crippen LogP contribution >= 0.6 is 0 Å². The lowest BCUT2D eigenvalue weighted by atomic mass is 10.1. The number of carboxylic acids is 1. The average molecular weight is 797 g/mol. The van der Waals surface area contributed by atoms with Gasteiger partial charge >= 0.3 is 17.9 Å². The number of hydrogen-bond donors (Lipinski definition) is 1. The molecule has 0 heterocycles. The quantitative estimate of drug-likeness (QED) is 0.0287. The van der Waals surface area contributed by atoms with Gasteiger partial charge < -0.3 is 23.8 Å². The average Bonchev–Trinajstić information content (AvgIpc) is 3.17. The Balaban J connectivity index is 4.41. The first-order chi connectivity index (χ1) is 27.6. The van der Waals surface area contributed by atoms with Gasteiger partial charge in [0.15, 0.2) is 12.1 Å². The molecule has 0 aromatic carbocycles. The van der Waals surface area contributed by atoms with Crippen LogP contribution in [-0.4, -0.2) is 80.6 Å². The molecule has 0 amide bonds. The van der Waals surface area contributed by atoms with E-state index in [2.05, 4.69) is 44.2 Å². The lowest BCUT2D eigenvalue weighted by Gasteiger charge is -2.31. The minimum absolute atomic E-state index is 0.0323. The van der Waals surface area contributed by atoms with Crippen LogP contribution in [0.3, 0.4) is 0 Å². The van der Waals surface area contributed by atoms with E-state index in [0.717, 1.165) is 38.5 Å². The van der Waals surface area contributed by atoms with Gasteiger partial charge in [-0.3, -0.25) is 9.59 Å². The van der Waals surface area contributed by atoms with Crippen molar-refractivity contribution in [3.63, 3.8) is 0 Å². The largest absolute Gasteiger partial charge is 0.477 e. The van der Waals surface area contributed by atoms with Crippen LogP contribution in [0.15, 0.2) is 85.1 Å². The zero-order chi connectivity index (χ0) is 42.1. The lowest BCUT2D eigenvalue weighted by Crippen LogP contribution is -2.50. The number of ether oxygens (including phenoxy) is 3. The van der Waals surface area contributed by atoms with Crippen LogP contribution in [0, 0.1) is 0 Å². The summed E-state index contributed by atoms with van der Waals surface area (Å²) in [5.41, 5.74) is 0. The van der Waals surface area contributed by atoms with E-state index < -0.39 is 18.1 Å². The van der Waals surface area contributed by atoms with E-state index in [1.54, 1.807) is 0 Å². The van der Waals surface area contributed by atoms with E-state index in [9.17, 15) is 19.5 Å². The van der Waals surface area contributed by atoms with Crippen LogP contribution in [0.1, 0.15) is 155 Å². The van der Waals surface area contributed by atoms with Gasteiger partial charge in [0.25, 0.3) is 0 Å². The molecule has 1 N–H and O–H groups in total. The van der Waals surface area contributed by atoms with Crippen LogP contribution in [0.5, 0.6) is 0 Å². The number of nitrogens with zero attached hydrogens (tertiary/aromatic N) is 1. The third-order valence-corrected chi connectivity index (χ3v) is 9.43. The molecule has 8 heteroatoms. The van der Waals surface area contributed by atoms with E-state index in [4.69, 9.17) is 14.2 Å². The number of carboxylic acid groups (broad SMARTS) is 1. The second kappa shape index (κ2) is 39.3. The number of aliphatic carboxylic acids is 1. The molecule has 0 aromatic heterocycles. The highest BCUT2D eigenvalue weighted by molar-refractivity contribution is 5.72. The van der Waals surface area contributed by atoms with Crippen LogP contribution in [-0.2, 0) is 28.6 Å². The van der Waals surface area contributed by atoms with Gasteiger partial charge in [-0.2, -0.15) is 0 Å². The summed E-state index contributed by atoms with van der Waals surface area (Å²) >= 11 is 0. The molecule has 8 nitrogen and oxygen atoms in total. The lowest BCUT2D eigenvalue weighted by molar-refractivity contribution is -0.887. The fourth-order valence-electron chi connectivity index (χ4n) is 5.99. The van der Waals surface area contributed by atoms with Gasteiger partial charge in [0.2, 0.25) is 0 Å². The van der Waals surface area contributed by atoms with E-state index in [0.29, 0.717) is 19.3 Å². The van der Waals surface area contributed by atoms with Crippen molar-refractivity contribution in [2.45, 2.75) is 167 Å². The predicted molar refractivity (Wildman–Crippen MR) is 238 cm³/mol. The molecule has 0 aliphatic carbocycles. The molecule has 0 radical (unpaired) electrons. The Labute approximate surface area is 348 Å². The Morgan fingerprint density at radius 2 is 1.00 bits per heavy atom. The van der Waals surface area contributed by atoms with E-state index in [1.807, 2.05) is 75.8 Å². The monoisotopic (exact) mass is 797 g/mol. The van der Waals surface area contributed by atoms with E-state index in [1.165, 1.54) is 77.0 Å². The molecule has 0 aromatic rings. The molecule has 0 spiro atoms. The second-order valence-corrected chi connectivity index (χ2v) is 15.7. The zero-order valence-electron chi connectivity index (χ0n) is 36.8.